The molecule has 1 N–H and O–H groups in total. The van der Waals surface area contributed by atoms with Crippen LogP contribution in [0, 0.1) is 5.92 Å². The lowest BCUT2D eigenvalue weighted by atomic mass is 9.99. The number of hydrogen-bond acceptors (Lipinski definition) is 8. The van der Waals surface area contributed by atoms with Gasteiger partial charge in [-0.25, -0.2) is 15.0 Å². The number of ether oxygens (including phenoxy) is 1. The van der Waals surface area contributed by atoms with Crippen molar-refractivity contribution in [3.05, 3.63) is 16.8 Å². The zero-order valence-corrected chi connectivity index (χ0v) is 21.0. The van der Waals surface area contributed by atoms with E-state index in [1.807, 2.05) is 0 Å². The minimum atomic E-state index is 0.616. The van der Waals surface area contributed by atoms with Crippen molar-refractivity contribution in [3.63, 3.8) is 0 Å². The van der Waals surface area contributed by atoms with Crippen LogP contribution in [0.5, 0.6) is 0 Å². The molecule has 4 heterocycles. The van der Waals surface area contributed by atoms with E-state index in [1.54, 1.807) is 23.1 Å². The number of morpholine rings is 1. The van der Waals surface area contributed by atoms with E-state index in [0.717, 1.165) is 91.1 Å². The predicted octanol–water partition coefficient (Wildman–Crippen LogP) is 4.78. The molecule has 1 fully saturated rings. The Kier molecular flexibility index (Phi) is 6.83. The van der Waals surface area contributed by atoms with Gasteiger partial charge in [0.25, 0.3) is 0 Å². The van der Waals surface area contributed by atoms with Gasteiger partial charge in [-0.2, -0.15) is 0 Å². The highest BCUT2D eigenvalue weighted by Crippen LogP contribution is 2.42. The molecule has 6 nitrogen and oxygen atoms in total. The second-order valence-electron chi connectivity index (χ2n) is 9.22. The molecule has 0 radical (unpaired) electrons. The fourth-order valence-electron chi connectivity index (χ4n) is 4.92. The monoisotopic (exact) mass is 471 g/mol. The number of aromatic nitrogens is 3. The second kappa shape index (κ2) is 9.79. The molecule has 1 aliphatic carbocycles. The number of nitrogens with one attached hydrogen (secondary N) is 1. The largest absolute Gasteiger partial charge is 0.379 e. The van der Waals surface area contributed by atoms with Gasteiger partial charge in [-0.15, -0.1) is 11.3 Å². The molecule has 0 spiro atoms. The summed E-state index contributed by atoms with van der Waals surface area (Å²) >= 11 is 3.38. The maximum atomic E-state index is 5.46. The zero-order valence-electron chi connectivity index (χ0n) is 19.4. The van der Waals surface area contributed by atoms with E-state index >= 15 is 0 Å². The molecule has 5 rings (SSSR count). The first kappa shape index (κ1) is 22.3. The highest BCUT2D eigenvalue weighted by Gasteiger charge is 2.25. The molecule has 32 heavy (non-hydrogen) atoms. The maximum absolute atomic E-state index is 5.46. The van der Waals surface area contributed by atoms with Crippen LogP contribution >= 0.6 is 23.1 Å². The van der Waals surface area contributed by atoms with Crippen molar-refractivity contribution in [3.8, 4) is 0 Å². The summed E-state index contributed by atoms with van der Waals surface area (Å²) < 4.78 is 6.62. The third-order valence-corrected chi connectivity index (χ3v) is 8.06. The first-order chi connectivity index (χ1) is 15.6. The van der Waals surface area contributed by atoms with Crippen LogP contribution in [0.15, 0.2) is 5.16 Å². The molecule has 3 aromatic rings. The molecule has 0 amide bonds. The number of anilines is 1. The molecule has 8 heteroatoms. The molecular weight excluding hydrogens is 438 g/mol. The number of rotatable bonds is 8. The molecular formula is C24H33N5OS2. The summed E-state index contributed by atoms with van der Waals surface area (Å²) in [5, 5.41) is 5.77. The second-order valence-corrected chi connectivity index (χ2v) is 11.0. The number of hydrogen-bond donors (Lipinski definition) is 1. The van der Waals surface area contributed by atoms with Gasteiger partial charge in [0.2, 0.25) is 0 Å². The van der Waals surface area contributed by atoms with Gasteiger partial charge in [0.15, 0.2) is 5.16 Å². The van der Waals surface area contributed by atoms with E-state index in [0.29, 0.717) is 5.92 Å². The van der Waals surface area contributed by atoms with Crippen LogP contribution in [0.2, 0.25) is 0 Å². The van der Waals surface area contributed by atoms with Gasteiger partial charge in [-0.05, 0) is 61.9 Å². The van der Waals surface area contributed by atoms with Gasteiger partial charge < -0.3 is 10.1 Å². The Bertz CT molecular complexity index is 1110. The summed E-state index contributed by atoms with van der Waals surface area (Å²) in [5.41, 5.74) is 5.41. The highest BCUT2D eigenvalue weighted by atomic mass is 32.2. The van der Waals surface area contributed by atoms with Crippen molar-refractivity contribution in [1.29, 1.82) is 0 Å². The van der Waals surface area contributed by atoms with Crippen LogP contribution in [-0.2, 0) is 24.0 Å². The quantitative estimate of drug-likeness (QED) is 0.288. The number of fused-ring (bicyclic) bond motifs is 5. The standard InChI is InChI=1S/C24H33N5OS2/c1-15(2)14-18-16-6-4-7-17(16)19-20-21(32-23(19)26-18)22(28-24(27-20)31-3)25-8-5-9-29-10-12-30-13-11-29/h15H,4-14H2,1-3H3,(H,25,27,28). The fourth-order valence-corrected chi connectivity index (χ4v) is 6.42. The van der Waals surface area contributed by atoms with Crippen molar-refractivity contribution in [2.24, 2.45) is 5.92 Å². The Labute approximate surface area is 198 Å². The molecule has 0 aromatic carbocycles. The van der Waals surface area contributed by atoms with Gasteiger partial charge in [-0.3, -0.25) is 4.90 Å². The minimum absolute atomic E-state index is 0.616. The Morgan fingerprint density at radius 3 is 2.72 bits per heavy atom. The Morgan fingerprint density at radius 1 is 1.12 bits per heavy atom. The average molecular weight is 472 g/mol. The Balaban J connectivity index is 1.47. The minimum Gasteiger partial charge on any atom is -0.379 e. The van der Waals surface area contributed by atoms with Crippen LogP contribution in [0.1, 0.15) is 43.5 Å². The van der Waals surface area contributed by atoms with Crippen LogP contribution in [0.3, 0.4) is 0 Å². The Morgan fingerprint density at radius 2 is 1.94 bits per heavy atom. The molecule has 0 unspecified atom stereocenters. The van der Waals surface area contributed by atoms with Crippen molar-refractivity contribution < 1.29 is 4.74 Å². The molecule has 1 aliphatic heterocycles. The van der Waals surface area contributed by atoms with E-state index < -0.39 is 0 Å². The number of pyridine rings is 1. The first-order valence-corrected chi connectivity index (χ1v) is 13.9. The van der Waals surface area contributed by atoms with Crippen LogP contribution in [-0.4, -0.2) is 65.5 Å². The summed E-state index contributed by atoms with van der Waals surface area (Å²) in [6, 6.07) is 0. The molecule has 0 bridgehead atoms. The van der Waals surface area contributed by atoms with E-state index in [2.05, 4.69) is 30.3 Å². The Hall–Kier alpha value is -1.48. The van der Waals surface area contributed by atoms with Crippen molar-refractivity contribution >= 4 is 49.3 Å². The van der Waals surface area contributed by atoms with Crippen molar-refractivity contribution in [2.75, 3.05) is 51.0 Å². The topological polar surface area (TPSA) is 63.2 Å². The van der Waals surface area contributed by atoms with Crippen molar-refractivity contribution in [2.45, 2.75) is 51.1 Å². The first-order valence-electron chi connectivity index (χ1n) is 11.9. The summed E-state index contributed by atoms with van der Waals surface area (Å²) in [5.74, 6) is 1.59. The third-order valence-electron chi connectivity index (χ3n) is 6.43. The predicted molar refractivity (Wildman–Crippen MR) is 135 cm³/mol. The normalized spacial score (nSPS) is 17.0. The van der Waals surface area contributed by atoms with Gasteiger partial charge in [0.05, 0.1) is 23.4 Å². The SMILES string of the molecule is CSc1nc(NCCCN2CCOCC2)c2sc3nc(CC(C)C)c4c(c3c2n1)CCC4. The van der Waals surface area contributed by atoms with E-state index in [-0.39, 0.29) is 0 Å². The van der Waals surface area contributed by atoms with Crippen LogP contribution < -0.4 is 5.32 Å². The summed E-state index contributed by atoms with van der Waals surface area (Å²) in [7, 11) is 0. The van der Waals surface area contributed by atoms with Crippen LogP contribution in [0.4, 0.5) is 5.82 Å². The fraction of sp³-hybridized carbons (Fsp3) is 0.625. The average Bonchev–Trinajstić information content (AvgIpc) is 3.41. The number of aryl methyl sites for hydroxylation is 1. The molecule has 2 aliphatic rings. The number of thiophene rings is 1. The molecule has 172 valence electrons. The van der Waals surface area contributed by atoms with E-state index in [1.165, 1.54) is 28.6 Å². The lowest BCUT2D eigenvalue weighted by Gasteiger charge is -2.26. The van der Waals surface area contributed by atoms with Gasteiger partial charge in [0, 0.05) is 30.7 Å². The maximum Gasteiger partial charge on any atom is 0.189 e. The molecule has 0 atom stereocenters. The smallest absolute Gasteiger partial charge is 0.189 e. The highest BCUT2D eigenvalue weighted by molar-refractivity contribution is 7.98. The third kappa shape index (κ3) is 4.47. The van der Waals surface area contributed by atoms with E-state index in [4.69, 9.17) is 19.7 Å². The van der Waals surface area contributed by atoms with Gasteiger partial charge in [0.1, 0.15) is 10.6 Å². The molecule has 3 aromatic heterocycles. The zero-order chi connectivity index (χ0) is 22.1. The molecule has 0 saturated carbocycles. The summed E-state index contributed by atoms with van der Waals surface area (Å²) in [6.45, 7) is 10.4. The lowest BCUT2D eigenvalue weighted by Crippen LogP contribution is -2.37. The lowest BCUT2D eigenvalue weighted by molar-refractivity contribution is 0.0378. The van der Waals surface area contributed by atoms with Gasteiger partial charge in [-0.1, -0.05) is 25.6 Å². The van der Waals surface area contributed by atoms with Crippen LogP contribution in [0.25, 0.3) is 20.4 Å². The summed E-state index contributed by atoms with van der Waals surface area (Å²) in [6.07, 6.45) is 7.74. The van der Waals surface area contributed by atoms with Crippen molar-refractivity contribution in [1.82, 2.24) is 19.9 Å². The summed E-state index contributed by atoms with van der Waals surface area (Å²) in [4.78, 5) is 18.6. The number of nitrogens with zero attached hydrogens (tertiary/aromatic N) is 4. The van der Waals surface area contributed by atoms with Gasteiger partial charge >= 0.3 is 0 Å². The van der Waals surface area contributed by atoms with E-state index in [9.17, 15) is 0 Å². The molecule has 1 saturated heterocycles. The number of thioether (sulfide) groups is 1.